The van der Waals surface area contributed by atoms with E-state index in [1.165, 1.54) is 16.8 Å². The van der Waals surface area contributed by atoms with Gasteiger partial charge in [0.05, 0.1) is 25.6 Å². The maximum Gasteiger partial charge on any atom is 0.303 e. The van der Waals surface area contributed by atoms with E-state index in [9.17, 15) is 9.90 Å². The Morgan fingerprint density at radius 1 is 1.05 bits per heavy atom. The third-order valence-corrected chi connectivity index (χ3v) is 7.56. The Labute approximate surface area is 229 Å². The molecular formula is C31H36N4O4. The van der Waals surface area contributed by atoms with Crippen LogP contribution in [0, 0.1) is 0 Å². The zero-order valence-electron chi connectivity index (χ0n) is 22.9. The van der Waals surface area contributed by atoms with Crippen molar-refractivity contribution in [1.29, 1.82) is 0 Å². The lowest BCUT2D eigenvalue weighted by Gasteiger charge is -2.21. The molecule has 2 aromatic heterocycles. The normalized spacial score (nSPS) is 13.6. The lowest BCUT2D eigenvalue weighted by Crippen LogP contribution is -2.14. The van der Waals surface area contributed by atoms with Crippen LogP contribution in [-0.2, 0) is 30.6 Å². The highest BCUT2D eigenvalue weighted by atomic mass is 16.5. The Morgan fingerprint density at radius 2 is 1.82 bits per heavy atom. The number of fused-ring (bicyclic) bond motifs is 3. The topological polar surface area (TPSA) is 98.5 Å². The average molecular weight is 529 g/mol. The van der Waals surface area contributed by atoms with Crippen LogP contribution >= 0.6 is 0 Å². The molecule has 4 aromatic rings. The van der Waals surface area contributed by atoms with E-state index in [0.717, 1.165) is 48.1 Å². The third kappa shape index (κ3) is 5.55. The van der Waals surface area contributed by atoms with Gasteiger partial charge in [0.15, 0.2) is 11.5 Å². The van der Waals surface area contributed by atoms with E-state index < -0.39 is 5.97 Å². The highest BCUT2D eigenvalue weighted by Crippen LogP contribution is 2.39. The molecule has 0 radical (unpaired) electrons. The highest BCUT2D eigenvalue weighted by molar-refractivity contribution is 5.93. The summed E-state index contributed by atoms with van der Waals surface area (Å²) in [5, 5.41) is 13.9. The number of aryl methyl sites for hydroxylation is 2. The number of aromatic nitrogens is 3. The van der Waals surface area contributed by atoms with Gasteiger partial charge in [-0.3, -0.25) is 4.79 Å². The van der Waals surface area contributed by atoms with Gasteiger partial charge >= 0.3 is 5.97 Å². The second-order valence-electron chi connectivity index (χ2n) is 10.1. The predicted molar refractivity (Wildman–Crippen MR) is 152 cm³/mol. The van der Waals surface area contributed by atoms with Crippen molar-refractivity contribution in [2.75, 3.05) is 19.5 Å². The zero-order chi connectivity index (χ0) is 27.4. The van der Waals surface area contributed by atoms with Crippen LogP contribution in [0.4, 0.5) is 5.82 Å². The number of hydrogen-bond acceptors (Lipinski definition) is 6. The summed E-state index contributed by atoms with van der Waals surface area (Å²) in [7, 11) is 3.26. The number of carboxylic acids is 1. The quantitative estimate of drug-likeness (QED) is 0.248. The number of hydrogen-bond donors (Lipinski definition) is 2. The van der Waals surface area contributed by atoms with E-state index in [4.69, 9.17) is 19.4 Å². The standard InChI is InChI=1S/C31H36N4O4/c1-20(22-10-5-4-6-11-22)35-24-13-8-7-12-23(24)29-30(33-27(34-31(29)35)14-9-15-28(36)37)32-19-21-16-17-25(38-2)26(18-21)39-3/h4-6,10-11,16-18,20H,7-9,12-15,19H2,1-3H3,(H,36,37)(H,32,33,34). The SMILES string of the molecule is COc1ccc(CNc2nc(CCCC(=O)O)nc3c2c2c(n3C(C)c3ccccc3)CCCC2)cc1OC. The molecule has 1 unspecified atom stereocenters. The molecule has 1 aliphatic carbocycles. The number of ether oxygens (including phenoxy) is 2. The monoisotopic (exact) mass is 528 g/mol. The fourth-order valence-corrected chi connectivity index (χ4v) is 5.61. The number of nitrogens with one attached hydrogen (secondary N) is 1. The predicted octanol–water partition coefficient (Wildman–Crippen LogP) is 5.96. The van der Waals surface area contributed by atoms with Gasteiger partial charge in [0.25, 0.3) is 0 Å². The zero-order valence-corrected chi connectivity index (χ0v) is 22.9. The number of benzene rings is 2. The third-order valence-electron chi connectivity index (χ3n) is 7.56. The summed E-state index contributed by atoms with van der Waals surface area (Å²) in [6, 6.07) is 16.5. The molecule has 0 spiro atoms. The smallest absolute Gasteiger partial charge is 0.303 e. The van der Waals surface area contributed by atoms with Gasteiger partial charge in [0.1, 0.15) is 17.3 Å². The molecular weight excluding hydrogens is 492 g/mol. The second kappa shape index (κ2) is 11.8. The molecule has 204 valence electrons. The van der Waals surface area contributed by atoms with Crippen LogP contribution in [-0.4, -0.2) is 39.8 Å². The first-order valence-electron chi connectivity index (χ1n) is 13.6. The molecule has 0 amide bonds. The average Bonchev–Trinajstić information content (AvgIpc) is 3.30. The van der Waals surface area contributed by atoms with E-state index in [1.54, 1.807) is 14.2 Å². The van der Waals surface area contributed by atoms with E-state index in [-0.39, 0.29) is 12.5 Å². The van der Waals surface area contributed by atoms with Gasteiger partial charge in [0.2, 0.25) is 0 Å². The number of carboxylic acid groups (broad SMARTS) is 1. The van der Waals surface area contributed by atoms with Crippen molar-refractivity contribution in [3.8, 4) is 11.5 Å². The molecule has 2 heterocycles. The van der Waals surface area contributed by atoms with Gasteiger partial charge in [0, 0.05) is 25.1 Å². The van der Waals surface area contributed by atoms with Gasteiger partial charge in [-0.15, -0.1) is 0 Å². The van der Waals surface area contributed by atoms with Crippen LogP contribution < -0.4 is 14.8 Å². The number of anilines is 1. The molecule has 8 heteroatoms. The molecule has 0 aliphatic heterocycles. The van der Waals surface area contributed by atoms with E-state index in [1.807, 2.05) is 24.3 Å². The molecule has 0 saturated carbocycles. The molecule has 0 fully saturated rings. The molecule has 0 bridgehead atoms. The van der Waals surface area contributed by atoms with Crippen LogP contribution in [0.1, 0.15) is 66.9 Å². The first kappa shape index (κ1) is 26.5. The number of nitrogens with zero attached hydrogens (tertiary/aromatic N) is 3. The van der Waals surface area contributed by atoms with E-state index >= 15 is 0 Å². The minimum Gasteiger partial charge on any atom is -0.493 e. The van der Waals surface area contributed by atoms with Crippen LogP contribution in [0.15, 0.2) is 48.5 Å². The Hall–Kier alpha value is -4.07. The molecule has 0 saturated heterocycles. The van der Waals surface area contributed by atoms with Crippen molar-refractivity contribution >= 4 is 22.8 Å². The summed E-state index contributed by atoms with van der Waals surface area (Å²) in [6.07, 6.45) is 5.38. The summed E-state index contributed by atoms with van der Waals surface area (Å²) in [6.45, 7) is 2.78. The number of carbonyl (C=O) groups is 1. The molecule has 2 aromatic carbocycles. The van der Waals surface area contributed by atoms with Gasteiger partial charge in [-0.05, 0) is 67.9 Å². The fourth-order valence-electron chi connectivity index (χ4n) is 5.61. The molecule has 2 N–H and O–H groups in total. The van der Waals surface area contributed by atoms with Gasteiger partial charge < -0.3 is 24.5 Å². The van der Waals surface area contributed by atoms with Crippen molar-refractivity contribution in [2.45, 2.75) is 64.5 Å². The van der Waals surface area contributed by atoms with Crippen LogP contribution in [0.2, 0.25) is 0 Å². The van der Waals surface area contributed by atoms with Crippen molar-refractivity contribution in [3.05, 3.63) is 76.7 Å². The summed E-state index contributed by atoms with van der Waals surface area (Å²) >= 11 is 0. The van der Waals surface area contributed by atoms with Crippen LogP contribution in [0.5, 0.6) is 11.5 Å². The molecule has 39 heavy (non-hydrogen) atoms. The lowest BCUT2D eigenvalue weighted by molar-refractivity contribution is -0.137. The summed E-state index contributed by atoms with van der Waals surface area (Å²) in [5.74, 6) is 2.03. The van der Waals surface area contributed by atoms with Crippen LogP contribution in [0.3, 0.4) is 0 Å². The molecule has 5 rings (SSSR count). The maximum atomic E-state index is 11.2. The van der Waals surface area contributed by atoms with Crippen molar-refractivity contribution < 1.29 is 19.4 Å². The van der Waals surface area contributed by atoms with Crippen molar-refractivity contribution in [3.63, 3.8) is 0 Å². The Balaban J connectivity index is 1.60. The highest BCUT2D eigenvalue weighted by Gasteiger charge is 2.27. The Morgan fingerprint density at radius 3 is 2.56 bits per heavy atom. The number of rotatable bonds is 11. The minimum absolute atomic E-state index is 0.0910. The van der Waals surface area contributed by atoms with E-state index in [0.29, 0.717) is 36.7 Å². The molecule has 1 aliphatic rings. The van der Waals surface area contributed by atoms with Crippen LogP contribution in [0.25, 0.3) is 11.0 Å². The van der Waals surface area contributed by atoms with Crippen molar-refractivity contribution in [1.82, 2.24) is 14.5 Å². The maximum absolute atomic E-state index is 11.2. The minimum atomic E-state index is -0.806. The first-order chi connectivity index (χ1) is 19.0. The van der Waals surface area contributed by atoms with Gasteiger partial charge in [-0.25, -0.2) is 9.97 Å². The summed E-state index contributed by atoms with van der Waals surface area (Å²) in [4.78, 5) is 21.2. The molecule has 1 atom stereocenters. The number of methoxy groups -OCH3 is 2. The van der Waals surface area contributed by atoms with Crippen molar-refractivity contribution in [2.24, 2.45) is 0 Å². The van der Waals surface area contributed by atoms with E-state index in [2.05, 4.69) is 41.1 Å². The number of aliphatic carboxylic acids is 1. The molecule has 8 nitrogen and oxygen atoms in total. The van der Waals surface area contributed by atoms with Gasteiger partial charge in [-0.1, -0.05) is 36.4 Å². The Kier molecular flexibility index (Phi) is 8.00. The Bertz CT molecular complexity index is 1460. The van der Waals surface area contributed by atoms with Gasteiger partial charge in [-0.2, -0.15) is 0 Å². The summed E-state index contributed by atoms with van der Waals surface area (Å²) < 4.78 is 13.3. The second-order valence-corrected chi connectivity index (χ2v) is 10.1. The fraction of sp³-hybridized carbons (Fsp3) is 0.387. The first-order valence-corrected chi connectivity index (χ1v) is 13.6. The largest absolute Gasteiger partial charge is 0.493 e. The summed E-state index contributed by atoms with van der Waals surface area (Å²) in [5.41, 5.74) is 5.85. The lowest BCUT2D eigenvalue weighted by atomic mass is 9.95.